The van der Waals surface area contributed by atoms with Gasteiger partial charge in [0.05, 0.1) is 5.02 Å². The van der Waals surface area contributed by atoms with Gasteiger partial charge in [0.25, 0.3) is 0 Å². The van der Waals surface area contributed by atoms with Crippen LogP contribution in [0.1, 0.15) is 21.5 Å². The van der Waals surface area contributed by atoms with E-state index in [9.17, 15) is 9.18 Å². The molecule has 1 nitrogen and oxygen atoms in total. The van der Waals surface area contributed by atoms with Crippen LogP contribution in [0.5, 0.6) is 0 Å². The van der Waals surface area contributed by atoms with E-state index < -0.39 is 5.82 Å². The van der Waals surface area contributed by atoms with Crippen LogP contribution in [0.4, 0.5) is 4.39 Å². The van der Waals surface area contributed by atoms with Crippen molar-refractivity contribution >= 4 is 28.2 Å². The van der Waals surface area contributed by atoms with Gasteiger partial charge in [-0.2, -0.15) is 0 Å². The lowest BCUT2D eigenvalue weighted by molar-refractivity contribution is 0.104. The Morgan fingerprint density at radius 1 is 1.00 bits per heavy atom. The van der Waals surface area contributed by atoms with Crippen LogP contribution in [0.3, 0.4) is 0 Å². The zero-order valence-electron chi connectivity index (χ0n) is 11.4. The van der Waals surface area contributed by atoms with Crippen molar-refractivity contribution in [3.8, 4) is 0 Å². The van der Waals surface area contributed by atoms with Crippen molar-refractivity contribution in [2.45, 2.75) is 6.92 Å². The van der Waals surface area contributed by atoms with Crippen LogP contribution in [-0.2, 0) is 0 Å². The third-order valence-corrected chi connectivity index (χ3v) is 3.84. The predicted molar refractivity (Wildman–Crippen MR) is 83.5 cm³/mol. The van der Waals surface area contributed by atoms with E-state index in [1.54, 1.807) is 13.0 Å². The summed E-state index contributed by atoms with van der Waals surface area (Å²) >= 11 is 6.04. The van der Waals surface area contributed by atoms with Gasteiger partial charge >= 0.3 is 0 Å². The number of rotatable bonds is 2. The van der Waals surface area contributed by atoms with Crippen LogP contribution < -0.4 is 0 Å². The Morgan fingerprint density at radius 3 is 2.52 bits per heavy atom. The van der Waals surface area contributed by atoms with Crippen molar-refractivity contribution in [3.05, 3.63) is 82.1 Å². The molecule has 0 spiro atoms. The molecule has 0 saturated heterocycles. The molecule has 0 aliphatic carbocycles. The summed E-state index contributed by atoms with van der Waals surface area (Å²) in [6.45, 7) is 1.62. The second-order valence-electron chi connectivity index (χ2n) is 4.94. The molecule has 0 heterocycles. The lowest BCUT2D eigenvalue weighted by Gasteiger charge is -2.09. The fraction of sp³-hybridized carbons (Fsp3) is 0.0556. The zero-order valence-corrected chi connectivity index (χ0v) is 12.1. The second kappa shape index (κ2) is 5.30. The minimum atomic E-state index is -0.408. The van der Waals surface area contributed by atoms with Crippen LogP contribution >= 0.6 is 11.6 Å². The molecule has 0 amide bonds. The van der Waals surface area contributed by atoms with Gasteiger partial charge in [-0.05, 0) is 35.4 Å². The average Bonchev–Trinajstić information content (AvgIpc) is 2.49. The molecule has 0 N–H and O–H groups in total. The van der Waals surface area contributed by atoms with Crippen LogP contribution in [0.25, 0.3) is 10.8 Å². The predicted octanol–water partition coefficient (Wildman–Crippen LogP) is 5.17. The molecule has 3 rings (SSSR count). The first-order valence-electron chi connectivity index (χ1n) is 6.56. The van der Waals surface area contributed by atoms with Gasteiger partial charge in [-0.15, -0.1) is 0 Å². The zero-order chi connectivity index (χ0) is 15.0. The molecule has 3 heteroatoms. The van der Waals surface area contributed by atoms with Crippen molar-refractivity contribution in [2.75, 3.05) is 0 Å². The Labute approximate surface area is 127 Å². The van der Waals surface area contributed by atoms with E-state index in [1.165, 1.54) is 12.1 Å². The first-order valence-corrected chi connectivity index (χ1v) is 6.94. The van der Waals surface area contributed by atoms with Crippen LogP contribution in [0.15, 0.2) is 54.6 Å². The highest BCUT2D eigenvalue weighted by Gasteiger charge is 2.17. The largest absolute Gasteiger partial charge is 0.289 e. The van der Waals surface area contributed by atoms with E-state index in [-0.39, 0.29) is 10.8 Å². The number of carbonyl (C=O) groups excluding carboxylic acids is 1. The third kappa shape index (κ3) is 2.43. The molecule has 0 aliphatic heterocycles. The maximum Gasteiger partial charge on any atom is 0.195 e. The highest BCUT2D eigenvalue weighted by atomic mass is 35.5. The molecule has 21 heavy (non-hydrogen) atoms. The smallest absolute Gasteiger partial charge is 0.195 e. The van der Waals surface area contributed by atoms with E-state index in [0.29, 0.717) is 16.7 Å². The second-order valence-corrected chi connectivity index (χ2v) is 5.34. The molecular weight excluding hydrogens is 287 g/mol. The SMILES string of the molecule is Cc1cc(C(=O)c2cccc3ccccc23)c(Cl)cc1F. The maximum absolute atomic E-state index is 13.5. The van der Waals surface area contributed by atoms with Crippen molar-refractivity contribution in [1.82, 2.24) is 0 Å². The summed E-state index contributed by atoms with van der Waals surface area (Å²) in [5.74, 6) is -0.602. The monoisotopic (exact) mass is 298 g/mol. The van der Waals surface area contributed by atoms with Crippen LogP contribution in [0.2, 0.25) is 5.02 Å². The van der Waals surface area contributed by atoms with Crippen LogP contribution in [-0.4, -0.2) is 5.78 Å². The highest BCUT2D eigenvalue weighted by Crippen LogP contribution is 2.26. The van der Waals surface area contributed by atoms with Crippen LogP contribution in [0, 0.1) is 12.7 Å². The van der Waals surface area contributed by atoms with Gasteiger partial charge in [0.2, 0.25) is 0 Å². The molecule has 0 atom stereocenters. The molecule has 0 fully saturated rings. The quantitative estimate of drug-likeness (QED) is 0.596. The Kier molecular flexibility index (Phi) is 3.48. The van der Waals surface area contributed by atoms with E-state index in [4.69, 9.17) is 11.6 Å². The summed E-state index contributed by atoms with van der Waals surface area (Å²) in [5, 5.41) is 1.98. The standard InChI is InChI=1S/C18H12ClFO/c1-11-9-15(16(19)10-17(11)20)18(21)14-8-4-6-12-5-2-3-7-13(12)14/h2-10H,1H3. The summed E-state index contributed by atoms with van der Waals surface area (Å²) in [4.78, 5) is 12.7. The lowest BCUT2D eigenvalue weighted by Crippen LogP contribution is -2.04. The van der Waals surface area contributed by atoms with Crippen molar-refractivity contribution < 1.29 is 9.18 Å². The molecule has 3 aromatic carbocycles. The molecule has 0 saturated carbocycles. The molecule has 0 unspecified atom stereocenters. The summed E-state index contributed by atoms with van der Waals surface area (Å²) in [5.41, 5.74) is 1.30. The van der Waals surface area contributed by atoms with E-state index >= 15 is 0 Å². The molecule has 0 aliphatic rings. The van der Waals surface area contributed by atoms with Crippen molar-refractivity contribution in [1.29, 1.82) is 0 Å². The number of hydrogen-bond acceptors (Lipinski definition) is 1. The molecule has 0 bridgehead atoms. The third-order valence-electron chi connectivity index (χ3n) is 3.53. The Hall–Kier alpha value is -2.19. The number of aryl methyl sites for hydroxylation is 1. The molecular formula is C18H12ClFO. The molecule has 0 aromatic heterocycles. The number of hydrogen-bond donors (Lipinski definition) is 0. The topological polar surface area (TPSA) is 17.1 Å². The average molecular weight is 299 g/mol. The normalized spacial score (nSPS) is 10.8. The van der Waals surface area contributed by atoms with Gasteiger partial charge in [-0.3, -0.25) is 4.79 Å². The van der Waals surface area contributed by atoms with Gasteiger partial charge in [0.1, 0.15) is 5.82 Å². The number of ketones is 1. The van der Waals surface area contributed by atoms with Gasteiger partial charge in [-0.25, -0.2) is 4.39 Å². The minimum absolute atomic E-state index is 0.135. The number of fused-ring (bicyclic) bond motifs is 1. The van der Waals surface area contributed by atoms with Gasteiger partial charge in [0.15, 0.2) is 5.78 Å². The van der Waals surface area contributed by atoms with Gasteiger partial charge < -0.3 is 0 Å². The number of halogens is 2. The summed E-state index contributed by atoms with van der Waals surface area (Å²) in [6.07, 6.45) is 0. The van der Waals surface area contributed by atoms with Crippen molar-refractivity contribution in [3.63, 3.8) is 0 Å². The first-order chi connectivity index (χ1) is 10.1. The first kappa shape index (κ1) is 13.8. The van der Waals surface area contributed by atoms with E-state index in [1.807, 2.05) is 36.4 Å². The molecule has 104 valence electrons. The number of carbonyl (C=O) groups is 1. The lowest BCUT2D eigenvalue weighted by atomic mass is 9.96. The minimum Gasteiger partial charge on any atom is -0.289 e. The van der Waals surface area contributed by atoms with Gasteiger partial charge in [0, 0.05) is 11.1 Å². The van der Waals surface area contributed by atoms with Crippen molar-refractivity contribution in [2.24, 2.45) is 0 Å². The summed E-state index contributed by atoms with van der Waals surface area (Å²) in [6, 6.07) is 15.9. The Bertz CT molecular complexity index is 850. The Morgan fingerprint density at radius 2 is 1.71 bits per heavy atom. The number of benzene rings is 3. The highest BCUT2D eigenvalue weighted by molar-refractivity contribution is 6.35. The molecule has 0 radical (unpaired) electrons. The fourth-order valence-corrected chi connectivity index (χ4v) is 2.64. The van der Waals surface area contributed by atoms with E-state index in [0.717, 1.165) is 10.8 Å². The summed E-state index contributed by atoms with van der Waals surface area (Å²) < 4.78 is 13.5. The fourth-order valence-electron chi connectivity index (χ4n) is 2.40. The van der Waals surface area contributed by atoms with E-state index in [2.05, 4.69) is 0 Å². The molecule has 3 aromatic rings. The maximum atomic E-state index is 13.5. The Balaban J connectivity index is 2.20. The van der Waals surface area contributed by atoms with Gasteiger partial charge in [-0.1, -0.05) is 54.1 Å². The summed E-state index contributed by atoms with van der Waals surface area (Å²) in [7, 11) is 0.